The molecule has 0 aromatic carbocycles. The first-order valence-electron chi connectivity index (χ1n) is 4.02. The van der Waals surface area contributed by atoms with Gasteiger partial charge < -0.3 is 5.11 Å². The Labute approximate surface area is 83.6 Å². The van der Waals surface area contributed by atoms with E-state index in [4.69, 9.17) is 10.9 Å². The topological polar surface area (TPSA) is 120 Å². The number of aromatic nitrogens is 3. The molecule has 5 N–H and O–H groups in total. The number of nitrogens with two attached hydrogens (primary N) is 1. The number of hydrogen-bond donors (Lipinski definition) is 4. The predicted molar refractivity (Wildman–Crippen MR) is 51.6 cm³/mol. The molecule has 78 valence electrons. The number of rotatable bonds is 2. The van der Waals surface area contributed by atoms with Crippen molar-refractivity contribution < 1.29 is 9.90 Å². The van der Waals surface area contributed by atoms with E-state index in [1.165, 1.54) is 0 Å². The molecule has 2 aromatic rings. The Bertz CT molecular complexity index is 495. The number of carbonyl (C=O) groups is 1. The van der Waals surface area contributed by atoms with Gasteiger partial charge in [-0.25, -0.2) is 15.6 Å². The molecule has 0 atom stereocenters. The normalized spacial score (nSPS) is 10.2. The molecule has 0 radical (unpaired) electrons. The minimum absolute atomic E-state index is 0.378. The van der Waals surface area contributed by atoms with Crippen LogP contribution in [0.3, 0.4) is 0 Å². The number of fused-ring (bicyclic) bond motifs is 1. The third kappa shape index (κ3) is 1.65. The van der Waals surface area contributed by atoms with Gasteiger partial charge in [-0.15, -0.1) is 0 Å². The van der Waals surface area contributed by atoms with Crippen molar-refractivity contribution in [1.29, 1.82) is 0 Å². The van der Waals surface area contributed by atoms with Crippen molar-refractivity contribution in [2.75, 3.05) is 5.43 Å². The van der Waals surface area contributed by atoms with E-state index in [9.17, 15) is 4.79 Å². The molecule has 0 spiro atoms. The second-order valence-corrected chi connectivity index (χ2v) is 2.74. The van der Waals surface area contributed by atoms with E-state index in [0.29, 0.717) is 22.0 Å². The highest BCUT2D eigenvalue weighted by atomic mass is 16.4. The molecule has 0 bridgehead atoms. The summed E-state index contributed by atoms with van der Waals surface area (Å²) >= 11 is 0. The van der Waals surface area contributed by atoms with Crippen LogP contribution < -0.4 is 11.3 Å². The van der Waals surface area contributed by atoms with Crippen LogP contribution in [-0.2, 0) is 0 Å². The number of amides is 1. The molecule has 2 aromatic heterocycles. The summed E-state index contributed by atoms with van der Waals surface area (Å²) in [6.07, 6.45) is 0.284. The van der Waals surface area contributed by atoms with Gasteiger partial charge in [-0.2, -0.15) is 10.2 Å². The first-order valence-corrected chi connectivity index (χ1v) is 4.02. The zero-order valence-corrected chi connectivity index (χ0v) is 7.51. The standard InChI is InChI=1S/C7H8N6O2/c8-13(7(14)15)12-6-4-2-1-3-9-5(4)10-11-6/h1-3H,8H2,(H,14,15)(H2,9,10,11,12). The maximum atomic E-state index is 10.5. The van der Waals surface area contributed by atoms with E-state index >= 15 is 0 Å². The summed E-state index contributed by atoms with van der Waals surface area (Å²) in [5, 5.41) is 16.1. The van der Waals surface area contributed by atoms with Gasteiger partial charge in [0.25, 0.3) is 0 Å². The lowest BCUT2D eigenvalue weighted by Gasteiger charge is -2.12. The summed E-state index contributed by atoms with van der Waals surface area (Å²) in [4.78, 5) is 14.4. The number of hydrogen-bond acceptors (Lipinski definition) is 5. The Hall–Kier alpha value is -2.35. The predicted octanol–water partition coefficient (Wildman–Crippen LogP) is 0.138. The molecule has 0 aliphatic rings. The Morgan fingerprint density at radius 2 is 2.47 bits per heavy atom. The van der Waals surface area contributed by atoms with Gasteiger partial charge in [-0.3, -0.25) is 10.5 Å². The van der Waals surface area contributed by atoms with Crippen LogP contribution in [0.2, 0.25) is 0 Å². The molecular formula is C7H8N6O2. The minimum Gasteiger partial charge on any atom is -0.463 e. The van der Waals surface area contributed by atoms with Crippen molar-refractivity contribution in [1.82, 2.24) is 20.3 Å². The second-order valence-electron chi connectivity index (χ2n) is 2.74. The number of nitrogens with zero attached hydrogens (tertiary/aromatic N) is 3. The van der Waals surface area contributed by atoms with Crippen molar-refractivity contribution in [3.8, 4) is 0 Å². The zero-order chi connectivity index (χ0) is 10.8. The van der Waals surface area contributed by atoms with E-state index in [2.05, 4.69) is 20.6 Å². The average molecular weight is 208 g/mol. The number of hydrazine groups is 2. The molecule has 2 heterocycles. The number of anilines is 1. The Kier molecular flexibility index (Phi) is 2.10. The summed E-state index contributed by atoms with van der Waals surface area (Å²) in [6.45, 7) is 0. The van der Waals surface area contributed by atoms with Gasteiger partial charge in [-0.1, -0.05) is 0 Å². The maximum absolute atomic E-state index is 10.5. The van der Waals surface area contributed by atoms with Crippen LogP contribution in [-0.4, -0.2) is 31.5 Å². The third-order valence-corrected chi connectivity index (χ3v) is 1.77. The Morgan fingerprint density at radius 3 is 3.20 bits per heavy atom. The fourth-order valence-corrected chi connectivity index (χ4v) is 1.10. The van der Waals surface area contributed by atoms with E-state index in [1.54, 1.807) is 18.3 Å². The van der Waals surface area contributed by atoms with E-state index in [-0.39, 0.29) is 0 Å². The van der Waals surface area contributed by atoms with Gasteiger partial charge in [0.15, 0.2) is 11.5 Å². The van der Waals surface area contributed by atoms with Crippen molar-refractivity contribution >= 4 is 22.9 Å². The molecular weight excluding hydrogens is 200 g/mol. The smallest absolute Gasteiger partial charge is 0.441 e. The van der Waals surface area contributed by atoms with Gasteiger partial charge >= 0.3 is 6.09 Å². The van der Waals surface area contributed by atoms with Gasteiger partial charge in [0.05, 0.1) is 5.39 Å². The van der Waals surface area contributed by atoms with Crippen LogP contribution in [0.1, 0.15) is 0 Å². The molecule has 0 saturated heterocycles. The molecule has 8 heteroatoms. The van der Waals surface area contributed by atoms with Crippen molar-refractivity contribution in [3.63, 3.8) is 0 Å². The monoisotopic (exact) mass is 208 g/mol. The maximum Gasteiger partial charge on any atom is 0.441 e. The lowest BCUT2D eigenvalue weighted by molar-refractivity contribution is 0.156. The van der Waals surface area contributed by atoms with Gasteiger partial charge in [0.2, 0.25) is 0 Å². The van der Waals surface area contributed by atoms with Crippen LogP contribution in [0.15, 0.2) is 18.3 Å². The first kappa shape index (κ1) is 9.21. The van der Waals surface area contributed by atoms with E-state index in [0.717, 1.165) is 0 Å². The summed E-state index contributed by atoms with van der Waals surface area (Å²) in [7, 11) is 0. The van der Waals surface area contributed by atoms with E-state index < -0.39 is 6.09 Å². The third-order valence-electron chi connectivity index (χ3n) is 1.77. The second kappa shape index (κ2) is 3.42. The van der Waals surface area contributed by atoms with Crippen molar-refractivity contribution in [2.24, 2.45) is 5.84 Å². The number of pyridine rings is 1. The SMILES string of the molecule is NN(Nc1[nH]nc2ncccc12)C(=O)O. The molecule has 2 rings (SSSR count). The van der Waals surface area contributed by atoms with E-state index in [1.807, 2.05) is 0 Å². The number of aromatic amines is 1. The van der Waals surface area contributed by atoms with Crippen molar-refractivity contribution in [3.05, 3.63) is 18.3 Å². The summed E-state index contributed by atoms with van der Waals surface area (Å²) in [5.74, 6) is 5.53. The molecule has 0 fully saturated rings. The fraction of sp³-hybridized carbons (Fsp3) is 0. The molecule has 1 amide bonds. The molecule has 15 heavy (non-hydrogen) atoms. The highest BCUT2D eigenvalue weighted by Crippen LogP contribution is 2.17. The van der Waals surface area contributed by atoms with Gasteiger partial charge in [0.1, 0.15) is 0 Å². The number of carboxylic acid groups (broad SMARTS) is 1. The first-order chi connectivity index (χ1) is 7.18. The van der Waals surface area contributed by atoms with Crippen molar-refractivity contribution in [2.45, 2.75) is 0 Å². The lowest BCUT2D eigenvalue weighted by atomic mass is 10.3. The Morgan fingerprint density at radius 1 is 1.67 bits per heavy atom. The highest BCUT2D eigenvalue weighted by molar-refractivity contribution is 5.87. The molecule has 0 saturated carbocycles. The number of nitrogens with one attached hydrogen (secondary N) is 2. The Balaban J connectivity index is 2.32. The van der Waals surface area contributed by atoms with Gasteiger partial charge in [-0.05, 0) is 12.1 Å². The minimum atomic E-state index is -1.30. The molecule has 0 aliphatic heterocycles. The van der Waals surface area contributed by atoms with Gasteiger partial charge in [0, 0.05) is 6.20 Å². The largest absolute Gasteiger partial charge is 0.463 e. The molecule has 0 aliphatic carbocycles. The lowest BCUT2D eigenvalue weighted by Crippen LogP contribution is -2.41. The molecule has 0 unspecified atom stereocenters. The average Bonchev–Trinajstić information content (AvgIpc) is 2.62. The molecule has 8 nitrogen and oxygen atoms in total. The summed E-state index contributed by atoms with van der Waals surface area (Å²) in [5.41, 5.74) is 2.90. The van der Waals surface area contributed by atoms with Crippen LogP contribution >= 0.6 is 0 Å². The van der Waals surface area contributed by atoms with Crippen LogP contribution in [0.25, 0.3) is 11.0 Å². The zero-order valence-electron chi connectivity index (χ0n) is 7.51. The summed E-state index contributed by atoms with van der Waals surface area (Å²) in [6, 6.07) is 3.45. The summed E-state index contributed by atoms with van der Waals surface area (Å²) < 4.78 is 0. The number of H-pyrrole nitrogens is 1. The van der Waals surface area contributed by atoms with Crippen LogP contribution in [0.5, 0.6) is 0 Å². The highest BCUT2D eigenvalue weighted by Gasteiger charge is 2.10. The fourth-order valence-electron chi connectivity index (χ4n) is 1.10. The van der Waals surface area contributed by atoms with Crippen LogP contribution in [0, 0.1) is 0 Å². The quantitative estimate of drug-likeness (QED) is 0.316. The van der Waals surface area contributed by atoms with Crippen LogP contribution in [0.4, 0.5) is 10.6 Å².